The van der Waals surface area contributed by atoms with Crippen LogP contribution in [0.25, 0.3) is 10.8 Å². The summed E-state index contributed by atoms with van der Waals surface area (Å²) in [6.45, 7) is 0.225. The lowest BCUT2D eigenvalue weighted by Gasteiger charge is -2.25. The molecule has 4 aromatic carbocycles. The van der Waals surface area contributed by atoms with Gasteiger partial charge in [-0.05, 0) is 30.0 Å². The van der Waals surface area contributed by atoms with Gasteiger partial charge >= 0.3 is 11.8 Å². The fourth-order valence-electron chi connectivity index (χ4n) is 4.80. The number of amides is 3. The second-order valence-electron chi connectivity index (χ2n) is 9.79. The lowest BCUT2D eigenvalue weighted by atomic mass is 10.1. The molecule has 0 radical (unpaired) electrons. The molecular formula is C31H23F4N3O5. The number of halogens is 4. The summed E-state index contributed by atoms with van der Waals surface area (Å²) in [5.41, 5.74) is 1.34. The molecule has 4 aromatic rings. The first-order valence-corrected chi connectivity index (χ1v) is 13.1. The maximum absolute atomic E-state index is 13.9. The van der Waals surface area contributed by atoms with E-state index in [0.29, 0.717) is 22.3 Å². The van der Waals surface area contributed by atoms with E-state index in [0.717, 1.165) is 10.3 Å². The van der Waals surface area contributed by atoms with E-state index in [1.54, 1.807) is 48.5 Å². The monoisotopic (exact) mass is 593 g/mol. The van der Waals surface area contributed by atoms with Crippen LogP contribution in [0, 0.1) is 23.3 Å². The Labute approximate surface area is 242 Å². The van der Waals surface area contributed by atoms with E-state index in [1.807, 2.05) is 18.2 Å². The molecule has 12 heteroatoms. The number of rotatable bonds is 7. The largest absolute Gasteiger partial charge is 0.479 e. The average molecular weight is 594 g/mol. The molecule has 0 aromatic heterocycles. The zero-order valence-corrected chi connectivity index (χ0v) is 22.5. The minimum absolute atomic E-state index is 0.00281. The number of benzene rings is 4. The van der Waals surface area contributed by atoms with Gasteiger partial charge in [-0.1, -0.05) is 54.6 Å². The van der Waals surface area contributed by atoms with Crippen LogP contribution in [-0.4, -0.2) is 42.2 Å². The van der Waals surface area contributed by atoms with E-state index < -0.39 is 71.2 Å². The van der Waals surface area contributed by atoms with Crippen molar-refractivity contribution in [2.75, 3.05) is 16.8 Å². The third kappa shape index (κ3) is 5.76. The fraction of sp³-hybridized carbons (Fsp3) is 0.161. The van der Waals surface area contributed by atoms with Crippen molar-refractivity contribution in [2.24, 2.45) is 0 Å². The second-order valence-corrected chi connectivity index (χ2v) is 9.79. The Hall–Kier alpha value is -5.26. The summed E-state index contributed by atoms with van der Waals surface area (Å²) in [6, 6.07) is 16.5. The van der Waals surface area contributed by atoms with Crippen LogP contribution in [0.4, 0.5) is 28.9 Å². The number of carbonyl (C=O) groups excluding carboxylic acids is 4. The highest BCUT2D eigenvalue weighted by atomic mass is 19.2. The van der Waals surface area contributed by atoms with Gasteiger partial charge in [-0.25, -0.2) is 8.78 Å². The number of Topliss-reactive ketones (excluding diaryl/α,β-unsaturated/α-hetero) is 1. The summed E-state index contributed by atoms with van der Waals surface area (Å²) in [5, 5.41) is 6.57. The molecule has 0 bridgehead atoms. The Morgan fingerprint density at radius 1 is 0.907 bits per heavy atom. The maximum Gasteiger partial charge on any atom is 0.317 e. The van der Waals surface area contributed by atoms with Gasteiger partial charge in [0.05, 0.1) is 6.04 Å². The minimum Gasteiger partial charge on any atom is -0.479 e. The molecule has 43 heavy (non-hydrogen) atoms. The standard InChI is InChI=1S/C31H23F4N3O5/c1-16(25(39)15-43-28-26(34)20(32)14-21(33)27(28)35)36-29(40)24-13-18-8-3-5-12-23(18)38(24)31(42)30(41)37-22-11-6-9-17-7-2-4-10-19(17)22/h2-12,14,16,24H,13,15H2,1H3,(H,36,40)(H,37,41)/t16-,24-/m0/s1. The lowest BCUT2D eigenvalue weighted by molar-refractivity contribution is -0.136. The molecule has 8 nitrogen and oxygen atoms in total. The number of ether oxygens (including phenoxy) is 1. The van der Waals surface area contributed by atoms with E-state index in [4.69, 9.17) is 4.74 Å². The van der Waals surface area contributed by atoms with Gasteiger partial charge in [0.25, 0.3) is 0 Å². The summed E-state index contributed by atoms with van der Waals surface area (Å²) >= 11 is 0. The van der Waals surface area contributed by atoms with Crippen LogP contribution >= 0.6 is 0 Å². The minimum atomic E-state index is -1.82. The average Bonchev–Trinajstić information content (AvgIpc) is 3.39. The number of fused-ring (bicyclic) bond motifs is 2. The van der Waals surface area contributed by atoms with E-state index in [9.17, 15) is 36.7 Å². The van der Waals surface area contributed by atoms with Crippen molar-refractivity contribution in [1.82, 2.24) is 5.32 Å². The van der Waals surface area contributed by atoms with Crippen molar-refractivity contribution >= 4 is 45.7 Å². The molecule has 0 saturated heterocycles. The number of nitrogens with one attached hydrogen (secondary N) is 2. The summed E-state index contributed by atoms with van der Waals surface area (Å²) in [5.74, 6) is -12.2. The van der Waals surface area contributed by atoms with E-state index in [1.165, 1.54) is 6.92 Å². The molecule has 220 valence electrons. The molecular weight excluding hydrogens is 570 g/mol. The topological polar surface area (TPSA) is 105 Å². The van der Waals surface area contributed by atoms with Crippen LogP contribution in [0.5, 0.6) is 5.75 Å². The van der Waals surface area contributed by atoms with Crippen LogP contribution < -0.4 is 20.3 Å². The van der Waals surface area contributed by atoms with Crippen LogP contribution in [0.15, 0.2) is 72.8 Å². The lowest BCUT2D eigenvalue weighted by Crippen LogP contribution is -2.54. The van der Waals surface area contributed by atoms with Gasteiger partial charge in [-0.15, -0.1) is 0 Å². The third-order valence-electron chi connectivity index (χ3n) is 7.00. The number of para-hydroxylation sites is 1. The van der Waals surface area contributed by atoms with Crippen molar-refractivity contribution in [2.45, 2.75) is 25.4 Å². The number of carbonyl (C=O) groups is 4. The number of anilines is 2. The first-order valence-electron chi connectivity index (χ1n) is 13.1. The van der Waals surface area contributed by atoms with Crippen molar-refractivity contribution in [3.8, 4) is 5.75 Å². The quantitative estimate of drug-likeness (QED) is 0.187. The molecule has 1 aliphatic heterocycles. The Morgan fingerprint density at radius 3 is 2.30 bits per heavy atom. The number of nitrogens with zero attached hydrogens (tertiary/aromatic N) is 1. The van der Waals surface area contributed by atoms with Gasteiger partial charge < -0.3 is 15.4 Å². The van der Waals surface area contributed by atoms with Crippen molar-refractivity contribution < 1.29 is 41.5 Å². The normalized spacial score (nSPS) is 14.6. The first-order chi connectivity index (χ1) is 20.6. The van der Waals surface area contributed by atoms with Crippen LogP contribution in [0.2, 0.25) is 0 Å². The SMILES string of the molecule is C[C@H](NC(=O)[C@@H]1Cc2ccccc2N1C(=O)C(=O)Nc1cccc2ccccc12)C(=O)COc1c(F)c(F)cc(F)c1F. The van der Waals surface area contributed by atoms with E-state index in [2.05, 4.69) is 10.6 Å². The van der Waals surface area contributed by atoms with Gasteiger partial charge in [0.15, 0.2) is 23.2 Å². The fourth-order valence-corrected chi connectivity index (χ4v) is 4.80. The van der Waals surface area contributed by atoms with Crippen molar-refractivity contribution in [3.63, 3.8) is 0 Å². The Balaban J connectivity index is 1.30. The number of ketones is 1. The summed E-state index contributed by atoms with van der Waals surface area (Å²) in [7, 11) is 0. The highest BCUT2D eigenvalue weighted by molar-refractivity contribution is 6.45. The molecule has 2 N–H and O–H groups in total. The van der Waals surface area contributed by atoms with Gasteiger partial charge in [-0.2, -0.15) is 8.78 Å². The smallest absolute Gasteiger partial charge is 0.317 e. The number of hydrogen-bond acceptors (Lipinski definition) is 5. The second kappa shape index (κ2) is 11.9. The Kier molecular flexibility index (Phi) is 8.11. The van der Waals surface area contributed by atoms with Crippen LogP contribution in [0.1, 0.15) is 12.5 Å². The molecule has 5 rings (SSSR count). The Bertz CT molecular complexity index is 1750. The molecule has 0 fully saturated rings. The van der Waals surface area contributed by atoms with E-state index in [-0.39, 0.29) is 12.5 Å². The summed E-state index contributed by atoms with van der Waals surface area (Å²) < 4.78 is 59.3. The van der Waals surface area contributed by atoms with Crippen molar-refractivity contribution in [1.29, 1.82) is 0 Å². The van der Waals surface area contributed by atoms with Crippen LogP contribution in [0.3, 0.4) is 0 Å². The molecule has 0 spiro atoms. The van der Waals surface area contributed by atoms with Gasteiger partial charge in [0, 0.05) is 29.2 Å². The van der Waals surface area contributed by atoms with Gasteiger partial charge in [0.2, 0.25) is 17.5 Å². The zero-order chi connectivity index (χ0) is 30.8. The summed E-state index contributed by atoms with van der Waals surface area (Å²) in [4.78, 5) is 53.6. The molecule has 0 aliphatic carbocycles. The molecule has 3 amide bonds. The van der Waals surface area contributed by atoms with Gasteiger partial charge in [-0.3, -0.25) is 24.1 Å². The summed E-state index contributed by atoms with van der Waals surface area (Å²) in [6.07, 6.45) is 0.0334. The van der Waals surface area contributed by atoms with Crippen molar-refractivity contribution in [3.05, 3.63) is 102 Å². The van der Waals surface area contributed by atoms with Gasteiger partial charge in [0.1, 0.15) is 12.6 Å². The molecule has 2 atom stereocenters. The number of hydrogen-bond donors (Lipinski definition) is 2. The maximum atomic E-state index is 13.9. The highest BCUT2D eigenvalue weighted by Gasteiger charge is 2.41. The first kappa shape index (κ1) is 29.2. The Morgan fingerprint density at radius 2 is 1.56 bits per heavy atom. The molecule has 0 unspecified atom stereocenters. The highest BCUT2D eigenvalue weighted by Crippen LogP contribution is 2.33. The molecule has 1 aliphatic rings. The molecule has 0 saturated carbocycles. The molecule has 1 heterocycles. The zero-order valence-electron chi connectivity index (χ0n) is 22.5. The third-order valence-corrected chi connectivity index (χ3v) is 7.00. The predicted octanol–water partition coefficient (Wildman–Crippen LogP) is 4.45. The predicted molar refractivity (Wildman–Crippen MR) is 148 cm³/mol. The van der Waals surface area contributed by atoms with E-state index >= 15 is 0 Å². The van der Waals surface area contributed by atoms with Crippen LogP contribution in [-0.2, 0) is 25.6 Å².